The molecule has 0 N–H and O–H groups in total. The molecule has 0 atom stereocenters. The third-order valence-corrected chi connectivity index (χ3v) is 5.43. The monoisotopic (exact) mass is 427 g/mol. The molecule has 0 aliphatic carbocycles. The smallest absolute Gasteiger partial charge is 0.325 e. The number of allylic oxidation sites excluding steroid dienone is 2. The van der Waals surface area contributed by atoms with Gasteiger partial charge in [-0.25, -0.2) is 0 Å². The number of fused-ring (bicyclic) bond motifs is 2. The Morgan fingerprint density at radius 1 is 1.13 bits per heavy atom. The van der Waals surface area contributed by atoms with Gasteiger partial charge in [0, 0.05) is 5.39 Å². The molecule has 6 heteroatoms. The fourth-order valence-corrected chi connectivity index (χ4v) is 4.05. The van der Waals surface area contributed by atoms with Gasteiger partial charge in [0.1, 0.15) is 6.54 Å². The van der Waals surface area contributed by atoms with Crippen LogP contribution in [0.1, 0.15) is 39.2 Å². The zero-order valence-corrected chi connectivity index (χ0v) is 18.5. The summed E-state index contributed by atoms with van der Waals surface area (Å²) in [5.74, 6) is -0.0290. The highest BCUT2D eigenvalue weighted by Crippen LogP contribution is 2.35. The summed E-state index contributed by atoms with van der Waals surface area (Å²) in [7, 11) is 1.50. The molecule has 0 radical (unpaired) electrons. The van der Waals surface area contributed by atoms with Crippen molar-refractivity contribution in [3.63, 3.8) is 0 Å². The number of ether oxygens (including phenoxy) is 2. The zero-order chi connectivity index (χ0) is 21.8. The summed E-state index contributed by atoms with van der Waals surface area (Å²) in [4.78, 5) is 25.7. The maximum absolute atomic E-state index is 13.3. The van der Waals surface area contributed by atoms with Crippen molar-refractivity contribution in [2.24, 2.45) is 0 Å². The van der Waals surface area contributed by atoms with Crippen molar-refractivity contribution in [1.29, 1.82) is 0 Å². The predicted molar refractivity (Wildman–Crippen MR) is 122 cm³/mol. The summed E-state index contributed by atoms with van der Waals surface area (Å²) in [6.45, 7) is 6.17. The number of benzene rings is 2. The lowest BCUT2D eigenvalue weighted by Gasteiger charge is -2.18. The van der Waals surface area contributed by atoms with Gasteiger partial charge in [0.05, 0.1) is 35.2 Å². The molecule has 0 amide bonds. The largest absolute Gasteiger partial charge is 0.493 e. The van der Waals surface area contributed by atoms with E-state index in [1.165, 1.54) is 12.7 Å². The highest BCUT2D eigenvalue weighted by Gasteiger charge is 2.19. The van der Waals surface area contributed by atoms with E-state index >= 15 is 0 Å². The molecule has 0 saturated heterocycles. The first kappa shape index (κ1) is 21.9. The minimum atomic E-state index is -0.393. The highest BCUT2D eigenvalue weighted by atomic mass is 35.5. The number of carbonyl (C=O) groups is 1. The molecular formula is C24H26ClNO4. The van der Waals surface area contributed by atoms with Crippen LogP contribution in [0.4, 0.5) is 0 Å². The Bertz CT molecular complexity index is 1190. The Morgan fingerprint density at radius 2 is 1.87 bits per heavy atom. The van der Waals surface area contributed by atoms with E-state index in [4.69, 9.17) is 21.1 Å². The van der Waals surface area contributed by atoms with Gasteiger partial charge in [-0.3, -0.25) is 9.59 Å². The lowest BCUT2D eigenvalue weighted by Crippen LogP contribution is -2.19. The summed E-state index contributed by atoms with van der Waals surface area (Å²) in [6, 6.07) is 9.06. The minimum absolute atomic E-state index is 0.0553. The van der Waals surface area contributed by atoms with Gasteiger partial charge in [-0.1, -0.05) is 37.6 Å². The maximum atomic E-state index is 13.3. The molecule has 0 fully saturated rings. The van der Waals surface area contributed by atoms with E-state index in [1.54, 1.807) is 23.6 Å². The minimum Gasteiger partial charge on any atom is -0.493 e. The van der Waals surface area contributed by atoms with Crippen LogP contribution in [0.2, 0.25) is 5.02 Å². The first-order valence-electron chi connectivity index (χ1n) is 10.1. The molecule has 0 unspecified atom stereocenters. The number of carbonyl (C=O) groups excluding carboxylic acids is 1. The lowest BCUT2D eigenvalue weighted by atomic mass is 9.99. The first-order chi connectivity index (χ1) is 14.5. The van der Waals surface area contributed by atoms with Gasteiger partial charge >= 0.3 is 5.97 Å². The summed E-state index contributed by atoms with van der Waals surface area (Å²) < 4.78 is 12.5. The summed E-state index contributed by atoms with van der Waals surface area (Å²) in [6.07, 6.45) is 3.95. The Labute approximate surface area is 180 Å². The van der Waals surface area contributed by atoms with Gasteiger partial charge in [-0.15, -0.1) is 0 Å². The van der Waals surface area contributed by atoms with E-state index in [0.29, 0.717) is 32.6 Å². The first-order valence-corrected chi connectivity index (χ1v) is 10.5. The van der Waals surface area contributed by atoms with Crippen molar-refractivity contribution in [2.75, 3.05) is 13.7 Å². The zero-order valence-electron chi connectivity index (χ0n) is 17.8. The third-order valence-electron chi connectivity index (χ3n) is 5.13. The molecule has 0 spiro atoms. The van der Waals surface area contributed by atoms with Crippen molar-refractivity contribution in [1.82, 2.24) is 4.57 Å². The van der Waals surface area contributed by atoms with Crippen LogP contribution in [0.5, 0.6) is 5.75 Å². The quantitative estimate of drug-likeness (QED) is 0.364. The third kappa shape index (κ3) is 3.94. The molecule has 158 valence electrons. The Balaban J connectivity index is 2.46. The Kier molecular flexibility index (Phi) is 6.83. The molecular weight excluding hydrogens is 402 g/mol. The van der Waals surface area contributed by atoms with Crippen molar-refractivity contribution in [3.05, 3.63) is 57.2 Å². The second-order valence-electron chi connectivity index (χ2n) is 6.92. The van der Waals surface area contributed by atoms with E-state index in [1.807, 2.05) is 18.2 Å². The average molecular weight is 428 g/mol. The van der Waals surface area contributed by atoms with Crippen LogP contribution >= 0.6 is 11.6 Å². The number of halogens is 1. The van der Waals surface area contributed by atoms with Gasteiger partial charge in [-0.05, 0) is 55.2 Å². The van der Waals surface area contributed by atoms with E-state index in [0.717, 1.165) is 18.4 Å². The fourth-order valence-electron chi connectivity index (χ4n) is 3.82. The molecule has 5 nitrogen and oxygen atoms in total. The van der Waals surface area contributed by atoms with Crippen LogP contribution < -0.4 is 10.2 Å². The van der Waals surface area contributed by atoms with Crippen LogP contribution in [0.25, 0.3) is 27.4 Å². The number of rotatable bonds is 7. The number of esters is 1. The van der Waals surface area contributed by atoms with E-state index in [9.17, 15) is 9.59 Å². The van der Waals surface area contributed by atoms with E-state index in [2.05, 4.69) is 19.9 Å². The standard InChI is InChI=1S/C24H26ClNO4/c1-5-8-15(6-2)16-9-10-17-20(13-16)26(14-21(27)30-7-3)22-18(23(17)28)11-12-19(25)24(22)29-4/h8-13H,5-7,14H2,1-4H3/b15-8+. The van der Waals surface area contributed by atoms with Crippen molar-refractivity contribution in [2.45, 2.75) is 40.2 Å². The number of nitrogens with zero attached hydrogens (tertiary/aromatic N) is 1. The molecule has 0 aliphatic heterocycles. The topological polar surface area (TPSA) is 57.5 Å². The highest BCUT2D eigenvalue weighted by molar-refractivity contribution is 6.33. The number of aromatic nitrogens is 1. The fraction of sp³-hybridized carbons (Fsp3) is 0.333. The number of hydrogen-bond donors (Lipinski definition) is 0. The normalized spacial score (nSPS) is 11.8. The molecule has 1 aromatic heterocycles. The molecule has 0 aliphatic rings. The van der Waals surface area contributed by atoms with Crippen LogP contribution in [-0.2, 0) is 16.1 Å². The number of hydrogen-bond acceptors (Lipinski definition) is 4. The molecule has 0 saturated carbocycles. The van der Waals surface area contributed by atoms with E-state index < -0.39 is 5.97 Å². The molecule has 30 heavy (non-hydrogen) atoms. The number of methoxy groups -OCH3 is 1. The molecule has 0 bridgehead atoms. The van der Waals surface area contributed by atoms with Gasteiger partial charge in [0.2, 0.25) is 0 Å². The maximum Gasteiger partial charge on any atom is 0.325 e. The van der Waals surface area contributed by atoms with Crippen molar-refractivity contribution >= 4 is 44.9 Å². The van der Waals surface area contributed by atoms with Crippen LogP contribution in [0.15, 0.2) is 41.2 Å². The summed E-state index contributed by atoms with van der Waals surface area (Å²) >= 11 is 6.36. The summed E-state index contributed by atoms with van der Waals surface area (Å²) in [5.41, 5.74) is 3.22. The van der Waals surface area contributed by atoms with Crippen molar-refractivity contribution in [3.8, 4) is 5.75 Å². The van der Waals surface area contributed by atoms with Crippen molar-refractivity contribution < 1.29 is 14.3 Å². The Hall–Kier alpha value is -2.79. The number of pyridine rings is 1. The van der Waals surface area contributed by atoms with Gasteiger partial charge in [0.25, 0.3) is 0 Å². The Morgan fingerprint density at radius 3 is 2.50 bits per heavy atom. The molecule has 3 rings (SSSR count). The second kappa shape index (κ2) is 9.35. The van der Waals surface area contributed by atoms with E-state index in [-0.39, 0.29) is 18.6 Å². The predicted octanol–water partition coefficient (Wildman–Crippen LogP) is 5.58. The van der Waals surface area contributed by atoms with Gasteiger partial charge in [0.15, 0.2) is 11.2 Å². The van der Waals surface area contributed by atoms with Gasteiger partial charge in [-0.2, -0.15) is 0 Å². The summed E-state index contributed by atoms with van der Waals surface area (Å²) in [5, 5.41) is 1.35. The molecule has 2 aromatic carbocycles. The van der Waals surface area contributed by atoms with Crippen LogP contribution in [-0.4, -0.2) is 24.3 Å². The van der Waals surface area contributed by atoms with Crippen LogP contribution in [0.3, 0.4) is 0 Å². The SMILES string of the molecule is CC/C=C(\CC)c1ccc2c(=O)c3ccc(Cl)c(OC)c3n(CC(=O)OCC)c2c1. The van der Waals surface area contributed by atoms with Gasteiger partial charge < -0.3 is 14.0 Å². The molecule has 3 aromatic rings. The molecule has 1 heterocycles. The average Bonchev–Trinajstić information content (AvgIpc) is 2.74. The van der Waals surface area contributed by atoms with Crippen LogP contribution in [0, 0.1) is 0 Å². The second-order valence-corrected chi connectivity index (χ2v) is 7.33. The lowest BCUT2D eigenvalue weighted by molar-refractivity contribution is -0.143.